The summed E-state index contributed by atoms with van der Waals surface area (Å²) >= 11 is 5.94. The lowest BCUT2D eigenvalue weighted by Gasteiger charge is -2.13. The van der Waals surface area contributed by atoms with Crippen LogP contribution in [0.1, 0.15) is 16.7 Å². The lowest BCUT2D eigenvalue weighted by Crippen LogP contribution is -2.04. The second-order valence-corrected chi connectivity index (χ2v) is 4.91. The van der Waals surface area contributed by atoms with Gasteiger partial charge in [0.25, 0.3) is 0 Å². The van der Waals surface area contributed by atoms with Crippen LogP contribution >= 0.6 is 11.6 Å². The Morgan fingerprint density at radius 3 is 2.45 bits per heavy atom. The molecule has 2 aromatic rings. The zero-order valence-corrected chi connectivity index (χ0v) is 12.6. The summed E-state index contributed by atoms with van der Waals surface area (Å²) < 4.78 is 11.0. The van der Waals surface area contributed by atoms with E-state index >= 15 is 0 Å². The molecular weight excluding hydrogens is 272 g/mol. The molecule has 2 rings (SSSR count). The largest absolute Gasteiger partial charge is 0.497 e. The molecule has 0 amide bonds. The van der Waals surface area contributed by atoms with Gasteiger partial charge in [-0.3, -0.25) is 0 Å². The van der Waals surface area contributed by atoms with Gasteiger partial charge >= 0.3 is 0 Å². The molecule has 3 heteroatoms. The highest BCUT2D eigenvalue weighted by molar-refractivity contribution is 6.17. The van der Waals surface area contributed by atoms with E-state index in [-0.39, 0.29) is 0 Å². The Bertz CT molecular complexity index is 549. The Morgan fingerprint density at radius 2 is 1.80 bits per heavy atom. The first-order valence-electron chi connectivity index (χ1n) is 6.64. The average Bonchev–Trinajstić information content (AvgIpc) is 2.49. The van der Waals surface area contributed by atoms with Crippen LogP contribution in [0.15, 0.2) is 42.5 Å². The van der Waals surface area contributed by atoms with Crippen LogP contribution in [0.4, 0.5) is 0 Å². The van der Waals surface area contributed by atoms with Gasteiger partial charge in [0.2, 0.25) is 0 Å². The minimum Gasteiger partial charge on any atom is -0.497 e. The van der Waals surface area contributed by atoms with E-state index < -0.39 is 0 Å². The number of para-hydroxylation sites is 1. The highest BCUT2D eigenvalue weighted by Gasteiger charge is 2.06. The van der Waals surface area contributed by atoms with E-state index in [2.05, 4.69) is 12.1 Å². The van der Waals surface area contributed by atoms with Crippen LogP contribution in [0.5, 0.6) is 11.5 Å². The van der Waals surface area contributed by atoms with Gasteiger partial charge in [-0.05, 0) is 30.2 Å². The SMILES string of the molecule is COc1ccc(CCOc2c(C)cccc2CCl)cc1. The number of benzene rings is 2. The van der Waals surface area contributed by atoms with Crippen molar-refractivity contribution in [3.05, 3.63) is 59.2 Å². The van der Waals surface area contributed by atoms with Gasteiger partial charge < -0.3 is 9.47 Å². The van der Waals surface area contributed by atoms with Gasteiger partial charge in [-0.25, -0.2) is 0 Å². The fourth-order valence-corrected chi connectivity index (χ4v) is 2.30. The van der Waals surface area contributed by atoms with Gasteiger partial charge in [-0.15, -0.1) is 11.6 Å². The van der Waals surface area contributed by atoms with E-state index in [1.54, 1.807) is 7.11 Å². The molecule has 0 saturated carbocycles. The predicted octanol–water partition coefficient (Wildman–Crippen LogP) is 4.36. The van der Waals surface area contributed by atoms with E-state index in [4.69, 9.17) is 21.1 Å². The summed E-state index contributed by atoms with van der Waals surface area (Å²) in [5.74, 6) is 2.26. The smallest absolute Gasteiger partial charge is 0.126 e. The summed E-state index contributed by atoms with van der Waals surface area (Å²) in [5.41, 5.74) is 3.39. The van der Waals surface area contributed by atoms with E-state index in [0.29, 0.717) is 12.5 Å². The van der Waals surface area contributed by atoms with Gasteiger partial charge in [0.05, 0.1) is 19.6 Å². The molecule has 0 atom stereocenters. The number of ether oxygens (including phenoxy) is 2. The maximum atomic E-state index is 5.94. The van der Waals surface area contributed by atoms with E-state index in [9.17, 15) is 0 Å². The minimum atomic E-state index is 0.472. The Balaban J connectivity index is 1.95. The maximum absolute atomic E-state index is 5.94. The van der Waals surface area contributed by atoms with Crippen LogP contribution in [0.25, 0.3) is 0 Å². The number of hydrogen-bond donors (Lipinski definition) is 0. The highest BCUT2D eigenvalue weighted by Crippen LogP contribution is 2.25. The summed E-state index contributed by atoms with van der Waals surface area (Å²) in [7, 11) is 1.67. The standard InChI is InChI=1S/C17H19ClO2/c1-13-4-3-5-15(12-18)17(13)20-11-10-14-6-8-16(19-2)9-7-14/h3-9H,10-12H2,1-2H3. The van der Waals surface area contributed by atoms with Crippen molar-refractivity contribution in [1.82, 2.24) is 0 Å². The number of aryl methyl sites for hydroxylation is 1. The van der Waals surface area contributed by atoms with Crippen molar-refractivity contribution < 1.29 is 9.47 Å². The number of halogens is 1. The zero-order valence-electron chi connectivity index (χ0n) is 11.9. The molecule has 0 aliphatic carbocycles. The third-order valence-electron chi connectivity index (χ3n) is 3.23. The number of alkyl halides is 1. The Hall–Kier alpha value is -1.67. The van der Waals surface area contributed by atoms with E-state index in [1.165, 1.54) is 5.56 Å². The first-order chi connectivity index (χ1) is 9.74. The molecule has 106 valence electrons. The van der Waals surface area contributed by atoms with Crippen LogP contribution in [-0.4, -0.2) is 13.7 Å². The Labute approximate surface area is 125 Å². The van der Waals surface area contributed by atoms with E-state index in [0.717, 1.165) is 29.0 Å². The summed E-state index contributed by atoms with van der Waals surface area (Å²) in [6.07, 6.45) is 0.861. The van der Waals surface area contributed by atoms with Crippen LogP contribution in [0.3, 0.4) is 0 Å². The fourth-order valence-electron chi connectivity index (χ4n) is 2.09. The summed E-state index contributed by atoms with van der Waals surface area (Å²) in [6.45, 7) is 2.68. The van der Waals surface area contributed by atoms with Crippen LogP contribution < -0.4 is 9.47 Å². The maximum Gasteiger partial charge on any atom is 0.126 e. The second-order valence-electron chi connectivity index (χ2n) is 4.64. The fraction of sp³-hybridized carbons (Fsp3) is 0.294. The third kappa shape index (κ3) is 3.67. The summed E-state index contributed by atoms with van der Waals surface area (Å²) in [4.78, 5) is 0. The van der Waals surface area contributed by atoms with Gasteiger partial charge in [0.1, 0.15) is 11.5 Å². The first-order valence-corrected chi connectivity index (χ1v) is 7.18. The molecule has 0 unspecified atom stereocenters. The third-order valence-corrected chi connectivity index (χ3v) is 3.52. The van der Waals surface area contributed by atoms with Crippen molar-refractivity contribution in [2.24, 2.45) is 0 Å². The van der Waals surface area contributed by atoms with Gasteiger partial charge in [0.15, 0.2) is 0 Å². The molecule has 0 aliphatic rings. The zero-order chi connectivity index (χ0) is 14.4. The number of hydrogen-bond acceptors (Lipinski definition) is 2. The predicted molar refractivity (Wildman–Crippen MR) is 82.9 cm³/mol. The van der Waals surface area contributed by atoms with Crippen LogP contribution in [0, 0.1) is 6.92 Å². The lowest BCUT2D eigenvalue weighted by molar-refractivity contribution is 0.317. The Kier molecular flexibility index (Phi) is 5.31. The molecule has 2 nitrogen and oxygen atoms in total. The number of methoxy groups -OCH3 is 1. The topological polar surface area (TPSA) is 18.5 Å². The monoisotopic (exact) mass is 290 g/mol. The van der Waals surface area contributed by atoms with Crippen LogP contribution in [0.2, 0.25) is 0 Å². The molecule has 0 radical (unpaired) electrons. The molecule has 0 bridgehead atoms. The molecule has 0 aliphatic heterocycles. The van der Waals surface area contributed by atoms with Crippen molar-refractivity contribution >= 4 is 11.6 Å². The minimum absolute atomic E-state index is 0.472. The molecular formula is C17H19ClO2. The second kappa shape index (κ2) is 7.20. The summed E-state index contributed by atoms with van der Waals surface area (Å²) in [5, 5.41) is 0. The van der Waals surface area contributed by atoms with E-state index in [1.807, 2.05) is 37.3 Å². The summed E-state index contributed by atoms with van der Waals surface area (Å²) in [6, 6.07) is 14.1. The lowest BCUT2D eigenvalue weighted by atomic mass is 10.1. The molecule has 0 fully saturated rings. The van der Waals surface area contributed by atoms with Crippen molar-refractivity contribution in [2.75, 3.05) is 13.7 Å². The Morgan fingerprint density at radius 1 is 1.05 bits per heavy atom. The molecule has 0 heterocycles. The molecule has 0 N–H and O–H groups in total. The van der Waals surface area contributed by atoms with Crippen molar-refractivity contribution in [1.29, 1.82) is 0 Å². The van der Waals surface area contributed by atoms with Gasteiger partial charge in [0, 0.05) is 12.0 Å². The molecule has 0 aromatic heterocycles. The van der Waals surface area contributed by atoms with Gasteiger partial charge in [-0.1, -0.05) is 30.3 Å². The van der Waals surface area contributed by atoms with Gasteiger partial charge in [-0.2, -0.15) is 0 Å². The molecule has 20 heavy (non-hydrogen) atoms. The quantitative estimate of drug-likeness (QED) is 0.736. The molecule has 2 aromatic carbocycles. The normalized spacial score (nSPS) is 10.3. The van der Waals surface area contributed by atoms with Crippen molar-refractivity contribution in [2.45, 2.75) is 19.2 Å². The first kappa shape index (κ1) is 14.7. The van der Waals surface area contributed by atoms with Crippen LogP contribution in [-0.2, 0) is 12.3 Å². The number of rotatable bonds is 6. The highest BCUT2D eigenvalue weighted by atomic mass is 35.5. The van der Waals surface area contributed by atoms with Crippen molar-refractivity contribution in [3.8, 4) is 11.5 Å². The molecule has 0 spiro atoms. The van der Waals surface area contributed by atoms with Crippen molar-refractivity contribution in [3.63, 3.8) is 0 Å². The average molecular weight is 291 g/mol. The molecule has 0 saturated heterocycles.